The van der Waals surface area contributed by atoms with Gasteiger partial charge in [0.15, 0.2) is 29.5 Å². The Bertz CT molecular complexity index is 1520. The first-order valence-electron chi connectivity index (χ1n) is 12.6. The van der Waals surface area contributed by atoms with Crippen LogP contribution in [0.2, 0.25) is 0 Å². The second-order valence-corrected chi connectivity index (χ2v) is 9.05. The van der Waals surface area contributed by atoms with Crippen LogP contribution < -0.4 is 24.3 Å². The topological polar surface area (TPSA) is 119 Å². The first-order chi connectivity index (χ1) is 19.7. The number of halogens is 3. The van der Waals surface area contributed by atoms with Gasteiger partial charge in [-0.05, 0) is 37.1 Å². The highest BCUT2D eigenvalue weighted by Gasteiger charge is 2.30. The van der Waals surface area contributed by atoms with Crippen LogP contribution in [0.15, 0.2) is 48.9 Å². The molecule has 0 aliphatic heterocycles. The average molecular weight is 574 g/mol. The molecular weight excluding hydrogens is 547 g/mol. The third-order valence-electron chi connectivity index (χ3n) is 5.95. The molecule has 14 heteroatoms. The summed E-state index contributed by atoms with van der Waals surface area (Å²) >= 11 is 0. The molecule has 0 unspecified atom stereocenters. The van der Waals surface area contributed by atoms with Gasteiger partial charge in [-0.15, -0.1) is 0 Å². The molecule has 1 aliphatic carbocycles. The second-order valence-electron chi connectivity index (χ2n) is 9.05. The molecule has 0 spiro atoms. The van der Waals surface area contributed by atoms with Gasteiger partial charge in [0.05, 0.1) is 51.4 Å². The number of carbonyl (C=O) groups excluding carboxylic acids is 1. The number of methoxy groups -OCH3 is 2. The van der Waals surface area contributed by atoms with Crippen molar-refractivity contribution in [1.82, 2.24) is 19.7 Å². The van der Waals surface area contributed by atoms with Gasteiger partial charge in [-0.1, -0.05) is 0 Å². The molecule has 5 rings (SSSR count). The van der Waals surface area contributed by atoms with Crippen LogP contribution in [0.25, 0.3) is 10.9 Å². The summed E-state index contributed by atoms with van der Waals surface area (Å²) in [5.74, 6) is 0.910. The van der Waals surface area contributed by atoms with E-state index in [0.29, 0.717) is 40.5 Å². The average Bonchev–Trinajstić information content (AvgIpc) is 3.69. The van der Waals surface area contributed by atoms with Crippen LogP contribution in [0, 0.1) is 0 Å². The van der Waals surface area contributed by atoms with E-state index in [1.54, 1.807) is 30.5 Å². The fourth-order valence-corrected chi connectivity index (χ4v) is 3.84. The highest BCUT2D eigenvalue weighted by atomic mass is 19.4. The van der Waals surface area contributed by atoms with Gasteiger partial charge < -0.3 is 29.0 Å². The van der Waals surface area contributed by atoms with E-state index in [1.165, 1.54) is 37.4 Å². The van der Waals surface area contributed by atoms with E-state index in [-0.39, 0.29) is 29.9 Å². The summed E-state index contributed by atoms with van der Waals surface area (Å²) in [6, 6.07) is 8.21. The first kappa shape index (κ1) is 28.0. The minimum absolute atomic E-state index is 0.127. The van der Waals surface area contributed by atoms with Crippen molar-refractivity contribution in [3.05, 3.63) is 54.6 Å². The lowest BCUT2D eigenvalue weighted by molar-refractivity contribution is -0.153. The number of benzene rings is 1. The van der Waals surface area contributed by atoms with E-state index < -0.39 is 18.7 Å². The number of fused-ring (bicyclic) bond motifs is 1. The van der Waals surface area contributed by atoms with E-state index in [9.17, 15) is 18.0 Å². The largest absolute Gasteiger partial charge is 0.493 e. The van der Waals surface area contributed by atoms with Crippen LogP contribution in [-0.2, 0) is 11.3 Å². The Morgan fingerprint density at radius 2 is 1.83 bits per heavy atom. The molecule has 0 radical (unpaired) electrons. The van der Waals surface area contributed by atoms with Crippen LogP contribution in [0.4, 0.5) is 19.0 Å². The number of amides is 1. The lowest BCUT2D eigenvalue weighted by Crippen LogP contribution is -2.21. The van der Waals surface area contributed by atoms with Gasteiger partial charge in [0, 0.05) is 17.6 Å². The van der Waals surface area contributed by atoms with Gasteiger partial charge in [-0.2, -0.15) is 18.3 Å². The van der Waals surface area contributed by atoms with Crippen LogP contribution >= 0.6 is 0 Å². The molecule has 0 saturated heterocycles. The Hall–Kier alpha value is -4.59. The standard InChI is InChI=1S/C27H26F3N5O6/c1-37-21-11-18-19(12-22(21)38-2)31-8-7-20(18)41-17-5-6-24(32-13-17)33-26(36)25-23(40-15-27(28,29)30)14-35(34-25)9-10-39-16-3-4-16/h5-8,11-14,16H,3-4,9-10,15H2,1-2H3,(H,32,33,36). The molecule has 1 fully saturated rings. The van der Waals surface area contributed by atoms with Gasteiger partial charge in [0.25, 0.3) is 5.91 Å². The summed E-state index contributed by atoms with van der Waals surface area (Å²) < 4.78 is 66.7. The van der Waals surface area contributed by atoms with Crippen molar-refractivity contribution in [2.75, 3.05) is 32.8 Å². The predicted octanol–water partition coefficient (Wildman–Crippen LogP) is 5.01. The summed E-state index contributed by atoms with van der Waals surface area (Å²) in [4.78, 5) is 21.4. The van der Waals surface area contributed by atoms with Crippen molar-refractivity contribution in [2.24, 2.45) is 0 Å². The van der Waals surface area contributed by atoms with Crippen LogP contribution in [0.1, 0.15) is 23.3 Å². The summed E-state index contributed by atoms with van der Waals surface area (Å²) in [7, 11) is 3.06. The number of ether oxygens (including phenoxy) is 5. The molecule has 3 heterocycles. The van der Waals surface area contributed by atoms with E-state index in [1.807, 2.05) is 0 Å². The lowest BCUT2D eigenvalue weighted by atomic mass is 10.2. The van der Waals surface area contributed by atoms with Crippen LogP contribution in [0.3, 0.4) is 0 Å². The number of hydrogen-bond donors (Lipinski definition) is 1. The maximum Gasteiger partial charge on any atom is 0.422 e. The zero-order valence-corrected chi connectivity index (χ0v) is 22.1. The van der Waals surface area contributed by atoms with Crippen molar-refractivity contribution in [3.8, 4) is 28.7 Å². The maximum atomic E-state index is 12.9. The minimum Gasteiger partial charge on any atom is -0.493 e. The summed E-state index contributed by atoms with van der Waals surface area (Å²) in [6.45, 7) is -1.01. The Labute approximate surface area is 232 Å². The molecule has 1 aromatic carbocycles. The summed E-state index contributed by atoms with van der Waals surface area (Å²) in [5, 5.41) is 7.31. The molecule has 1 aliphatic rings. The quantitative estimate of drug-likeness (QED) is 0.250. The number of carbonyl (C=O) groups is 1. The Morgan fingerprint density at radius 1 is 1.05 bits per heavy atom. The van der Waals surface area contributed by atoms with Crippen LogP contribution in [-0.4, -0.2) is 65.4 Å². The van der Waals surface area contributed by atoms with E-state index in [2.05, 4.69) is 20.4 Å². The number of hydrogen-bond acceptors (Lipinski definition) is 9. The minimum atomic E-state index is -4.58. The highest BCUT2D eigenvalue weighted by molar-refractivity contribution is 6.04. The number of nitrogens with zero attached hydrogens (tertiary/aromatic N) is 4. The smallest absolute Gasteiger partial charge is 0.422 e. The maximum absolute atomic E-state index is 12.9. The van der Waals surface area contributed by atoms with E-state index in [4.69, 9.17) is 23.7 Å². The fourth-order valence-electron chi connectivity index (χ4n) is 3.84. The van der Waals surface area contributed by atoms with Crippen molar-refractivity contribution in [3.63, 3.8) is 0 Å². The third kappa shape index (κ3) is 7.14. The van der Waals surface area contributed by atoms with E-state index >= 15 is 0 Å². The first-order valence-corrected chi connectivity index (χ1v) is 12.6. The number of anilines is 1. The SMILES string of the molecule is COc1cc2nccc(Oc3ccc(NC(=O)c4nn(CCOC5CC5)cc4OCC(F)(F)F)nc3)c2cc1OC. The normalized spacial score (nSPS) is 13.2. The summed E-state index contributed by atoms with van der Waals surface area (Å²) in [6.07, 6.45) is 1.79. The van der Waals surface area contributed by atoms with Crippen molar-refractivity contribution >= 4 is 22.6 Å². The van der Waals surface area contributed by atoms with Crippen molar-refractivity contribution in [1.29, 1.82) is 0 Å². The molecule has 1 N–H and O–H groups in total. The fraction of sp³-hybridized carbons (Fsp3) is 0.333. The Kier molecular flexibility index (Phi) is 8.10. The molecule has 3 aromatic heterocycles. The van der Waals surface area contributed by atoms with E-state index in [0.717, 1.165) is 12.8 Å². The molecule has 4 aromatic rings. The Balaban J connectivity index is 1.28. The molecule has 1 amide bonds. The molecule has 11 nitrogen and oxygen atoms in total. The second kappa shape index (κ2) is 11.9. The number of pyridine rings is 2. The monoisotopic (exact) mass is 573 g/mol. The van der Waals surface area contributed by atoms with Gasteiger partial charge in [0.1, 0.15) is 17.3 Å². The molecule has 0 bridgehead atoms. The van der Waals surface area contributed by atoms with Crippen LogP contribution in [0.5, 0.6) is 28.7 Å². The molecule has 1 saturated carbocycles. The zero-order chi connectivity index (χ0) is 29.0. The highest BCUT2D eigenvalue weighted by Crippen LogP contribution is 2.37. The molecule has 216 valence electrons. The van der Waals surface area contributed by atoms with Crippen molar-refractivity contribution in [2.45, 2.75) is 31.7 Å². The number of rotatable bonds is 12. The van der Waals surface area contributed by atoms with Crippen molar-refractivity contribution < 1.29 is 41.7 Å². The van der Waals surface area contributed by atoms with Gasteiger partial charge in [0.2, 0.25) is 0 Å². The molecule has 41 heavy (non-hydrogen) atoms. The number of aromatic nitrogens is 4. The summed E-state index contributed by atoms with van der Waals surface area (Å²) in [5.41, 5.74) is 0.314. The molecular formula is C27H26F3N5O6. The number of nitrogens with one attached hydrogen (secondary N) is 1. The zero-order valence-electron chi connectivity index (χ0n) is 22.1. The Morgan fingerprint density at radius 3 is 2.51 bits per heavy atom. The molecule has 0 atom stereocenters. The van der Waals surface area contributed by atoms with Gasteiger partial charge in [-0.3, -0.25) is 14.5 Å². The predicted molar refractivity (Wildman–Crippen MR) is 140 cm³/mol. The third-order valence-corrected chi connectivity index (χ3v) is 5.95. The van der Waals surface area contributed by atoms with Gasteiger partial charge >= 0.3 is 6.18 Å². The number of alkyl halides is 3. The lowest BCUT2D eigenvalue weighted by Gasteiger charge is -2.12. The van der Waals surface area contributed by atoms with Gasteiger partial charge in [-0.25, -0.2) is 4.98 Å².